The molecule has 1 aliphatic rings. The molecule has 0 spiro atoms. The normalized spacial score (nSPS) is 16.9. The van der Waals surface area contributed by atoms with Crippen LogP contribution >= 0.6 is 0 Å². The first-order valence-corrected chi connectivity index (χ1v) is 9.98. The fraction of sp³-hybridized carbons (Fsp3) is 0.588. The molecule has 0 amide bonds. The first kappa shape index (κ1) is 18.7. The molecule has 0 aromatic heterocycles. The average molecular weight is 354 g/mol. The Morgan fingerprint density at radius 1 is 1.33 bits per heavy atom. The van der Waals surface area contributed by atoms with E-state index in [1.165, 1.54) is 12.1 Å². The zero-order chi connectivity index (χ0) is 17.7. The zero-order valence-corrected chi connectivity index (χ0v) is 15.0. The molecule has 1 aromatic carbocycles. The van der Waals surface area contributed by atoms with E-state index in [9.17, 15) is 18.3 Å². The van der Waals surface area contributed by atoms with Crippen molar-refractivity contribution in [2.45, 2.75) is 69.4 Å². The maximum Gasteiger partial charge on any atom is 0.337 e. The summed E-state index contributed by atoms with van der Waals surface area (Å²) >= 11 is 0. The standard InChI is InChI=1S/C17H26N2O4S/c1-3-6-12(2)18-16-10-9-14(11-15(16)17(20)21)24(22,23)19-13-7-4-5-8-13/h9-13,18-19H,3-8H2,1-2H3,(H,20,21). The Hall–Kier alpha value is -1.60. The number of anilines is 1. The van der Waals surface area contributed by atoms with Crippen molar-refractivity contribution >= 4 is 21.7 Å². The average Bonchev–Trinajstić information content (AvgIpc) is 2.99. The van der Waals surface area contributed by atoms with Crippen LogP contribution < -0.4 is 10.0 Å². The molecule has 134 valence electrons. The van der Waals surface area contributed by atoms with Gasteiger partial charge in [0.05, 0.1) is 10.5 Å². The van der Waals surface area contributed by atoms with Gasteiger partial charge in [-0.15, -0.1) is 0 Å². The number of rotatable bonds is 8. The summed E-state index contributed by atoms with van der Waals surface area (Å²) in [6.45, 7) is 4.03. The Morgan fingerprint density at radius 2 is 2.00 bits per heavy atom. The van der Waals surface area contributed by atoms with Crippen LogP contribution in [0.5, 0.6) is 0 Å². The molecule has 24 heavy (non-hydrogen) atoms. The maximum atomic E-state index is 12.5. The molecular weight excluding hydrogens is 328 g/mol. The van der Waals surface area contributed by atoms with Crippen LogP contribution in [0.4, 0.5) is 5.69 Å². The largest absolute Gasteiger partial charge is 0.478 e. The zero-order valence-electron chi connectivity index (χ0n) is 14.2. The Labute approximate surface area is 143 Å². The van der Waals surface area contributed by atoms with Gasteiger partial charge >= 0.3 is 5.97 Å². The van der Waals surface area contributed by atoms with Crippen molar-refractivity contribution in [3.8, 4) is 0 Å². The van der Waals surface area contributed by atoms with Gasteiger partial charge in [-0.2, -0.15) is 0 Å². The third-order valence-electron chi connectivity index (χ3n) is 4.33. The molecule has 0 bridgehead atoms. The second kappa shape index (κ2) is 7.98. The van der Waals surface area contributed by atoms with Crippen molar-refractivity contribution in [3.05, 3.63) is 23.8 Å². The van der Waals surface area contributed by atoms with E-state index in [2.05, 4.69) is 17.0 Å². The Kier molecular flexibility index (Phi) is 6.23. The summed E-state index contributed by atoms with van der Waals surface area (Å²) in [5.41, 5.74) is 0.426. The second-order valence-corrected chi connectivity index (χ2v) is 8.16. The number of hydrogen-bond donors (Lipinski definition) is 3. The molecule has 1 saturated carbocycles. The summed E-state index contributed by atoms with van der Waals surface area (Å²) in [7, 11) is -3.70. The highest BCUT2D eigenvalue weighted by Crippen LogP contribution is 2.24. The van der Waals surface area contributed by atoms with Gasteiger partial charge in [-0.1, -0.05) is 26.2 Å². The second-order valence-electron chi connectivity index (χ2n) is 6.45. The molecule has 2 rings (SSSR count). The van der Waals surface area contributed by atoms with Gasteiger partial charge in [0.2, 0.25) is 10.0 Å². The van der Waals surface area contributed by atoms with E-state index in [0.29, 0.717) is 5.69 Å². The van der Waals surface area contributed by atoms with Crippen molar-refractivity contribution in [1.29, 1.82) is 0 Å². The lowest BCUT2D eigenvalue weighted by Crippen LogP contribution is -2.32. The minimum atomic E-state index is -3.70. The molecule has 1 atom stereocenters. The quantitative estimate of drug-likeness (QED) is 0.666. The van der Waals surface area contributed by atoms with E-state index < -0.39 is 16.0 Å². The number of benzene rings is 1. The fourth-order valence-corrected chi connectivity index (χ4v) is 4.43. The monoisotopic (exact) mass is 354 g/mol. The molecule has 1 aromatic rings. The Morgan fingerprint density at radius 3 is 2.58 bits per heavy atom. The lowest BCUT2D eigenvalue weighted by Gasteiger charge is -2.18. The van der Waals surface area contributed by atoms with Gasteiger partial charge in [0.25, 0.3) is 0 Å². The highest BCUT2D eigenvalue weighted by molar-refractivity contribution is 7.89. The Bertz CT molecular complexity index is 682. The molecule has 1 unspecified atom stereocenters. The summed E-state index contributed by atoms with van der Waals surface area (Å²) < 4.78 is 27.6. The summed E-state index contributed by atoms with van der Waals surface area (Å²) in [6.07, 6.45) is 5.59. The van der Waals surface area contributed by atoms with E-state index in [1.54, 1.807) is 6.07 Å². The molecule has 1 fully saturated rings. The van der Waals surface area contributed by atoms with Crippen LogP contribution in [-0.4, -0.2) is 31.6 Å². The number of carboxylic acids is 1. The third kappa shape index (κ3) is 4.70. The molecule has 0 saturated heterocycles. The molecule has 3 N–H and O–H groups in total. The van der Waals surface area contributed by atoms with E-state index in [0.717, 1.165) is 38.5 Å². The minimum absolute atomic E-state index is 0.000458. The summed E-state index contributed by atoms with van der Waals surface area (Å²) in [5, 5.41) is 12.6. The first-order valence-electron chi connectivity index (χ1n) is 8.49. The molecule has 1 aliphatic carbocycles. The van der Waals surface area contributed by atoms with Crippen molar-refractivity contribution in [3.63, 3.8) is 0 Å². The highest BCUT2D eigenvalue weighted by Gasteiger charge is 2.24. The van der Waals surface area contributed by atoms with Crippen LogP contribution in [-0.2, 0) is 10.0 Å². The van der Waals surface area contributed by atoms with E-state index in [4.69, 9.17) is 0 Å². The number of hydrogen-bond acceptors (Lipinski definition) is 4. The van der Waals surface area contributed by atoms with Crippen LogP contribution in [0.2, 0.25) is 0 Å². The first-order chi connectivity index (χ1) is 11.3. The van der Waals surface area contributed by atoms with E-state index >= 15 is 0 Å². The van der Waals surface area contributed by atoms with Gasteiger partial charge in [0, 0.05) is 17.8 Å². The summed E-state index contributed by atoms with van der Waals surface area (Å²) in [4.78, 5) is 11.5. The summed E-state index contributed by atoms with van der Waals surface area (Å²) in [5.74, 6) is -1.14. The molecular formula is C17H26N2O4S. The molecule has 0 aliphatic heterocycles. The van der Waals surface area contributed by atoms with Crippen molar-refractivity contribution in [2.75, 3.05) is 5.32 Å². The van der Waals surface area contributed by atoms with Crippen molar-refractivity contribution < 1.29 is 18.3 Å². The van der Waals surface area contributed by atoms with Crippen LogP contribution in [0.15, 0.2) is 23.1 Å². The SMILES string of the molecule is CCCC(C)Nc1ccc(S(=O)(=O)NC2CCCC2)cc1C(=O)O. The molecule has 6 nitrogen and oxygen atoms in total. The van der Waals surface area contributed by atoms with Crippen molar-refractivity contribution in [1.82, 2.24) is 4.72 Å². The van der Waals surface area contributed by atoms with Crippen LogP contribution in [0.25, 0.3) is 0 Å². The molecule has 7 heteroatoms. The number of carbonyl (C=O) groups is 1. The summed E-state index contributed by atoms with van der Waals surface area (Å²) in [6, 6.07) is 4.31. The number of aromatic carboxylic acids is 1. The lowest BCUT2D eigenvalue weighted by atomic mass is 10.1. The lowest BCUT2D eigenvalue weighted by molar-refractivity contribution is 0.0697. The van der Waals surface area contributed by atoms with Crippen LogP contribution in [0.3, 0.4) is 0 Å². The van der Waals surface area contributed by atoms with E-state index in [-0.39, 0.29) is 22.5 Å². The smallest absolute Gasteiger partial charge is 0.337 e. The topological polar surface area (TPSA) is 95.5 Å². The predicted octanol–water partition coefficient (Wildman–Crippen LogP) is 3.21. The van der Waals surface area contributed by atoms with Gasteiger partial charge < -0.3 is 10.4 Å². The van der Waals surface area contributed by atoms with Gasteiger partial charge in [-0.05, 0) is 44.4 Å². The maximum absolute atomic E-state index is 12.5. The predicted molar refractivity (Wildman–Crippen MR) is 94.0 cm³/mol. The van der Waals surface area contributed by atoms with Crippen LogP contribution in [0, 0.1) is 0 Å². The number of sulfonamides is 1. The number of carboxylic acid groups (broad SMARTS) is 1. The molecule has 0 radical (unpaired) electrons. The number of nitrogens with one attached hydrogen (secondary N) is 2. The fourth-order valence-electron chi connectivity index (χ4n) is 3.10. The molecule has 0 heterocycles. The third-order valence-corrected chi connectivity index (χ3v) is 5.85. The van der Waals surface area contributed by atoms with Crippen LogP contribution in [0.1, 0.15) is 62.7 Å². The van der Waals surface area contributed by atoms with E-state index in [1.807, 2.05) is 6.92 Å². The van der Waals surface area contributed by atoms with Gasteiger partial charge in [-0.25, -0.2) is 17.9 Å². The van der Waals surface area contributed by atoms with Crippen molar-refractivity contribution in [2.24, 2.45) is 0 Å². The van der Waals surface area contributed by atoms with Gasteiger partial charge in [0.15, 0.2) is 0 Å². The van der Waals surface area contributed by atoms with Gasteiger partial charge in [0.1, 0.15) is 0 Å². The Balaban J connectivity index is 2.25. The minimum Gasteiger partial charge on any atom is -0.478 e. The highest BCUT2D eigenvalue weighted by atomic mass is 32.2. The van der Waals surface area contributed by atoms with Gasteiger partial charge in [-0.3, -0.25) is 0 Å².